The van der Waals surface area contributed by atoms with Crippen LogP contribution in [0.25, 0.3) is 11.4 Å². The Hall–Kier alpha value is -3.20. The molecule has 1 aliphatic rings. The van der Waals surface area contributed by atoms with Gasteiger partial charge in [-0.2, -0.15) is 0 Å². The maximum atomic E-state index is 14.4. The molecule has 33 heavy (non-hydrogen) atoms. The first-order valence-corrected chi connectivity index (χ1v) is 11.7. The predicted molar refractivity (Wildman–Crippen MR) is 128 cm³/mol. The highest BCUT2D eigenvalue weighted by Crippen LogP contribution is 2.37. The molecule has 3 aromatic rings. The van der Waals surface area contributed by atoms with Crippen LogP contribution >= 0.6 is 11.8 Å². The van der Waals surface area contributed by atoms with Crippen molar-refractivity contribution in [3.8, 4) is 11.4 Å². The lowest BCUT2D eigenvalue weighted by molar-refractivity contribution is -0.125. The Bertz CT molecular complexity index is 1210. The first-order chi connectivity index (χ1) is 15.7. The molecular formula is C24H26FN5O2S. The maximum absolute atomic E-state index is 14.4. The molecular weight excluding hydrogens is 441 g/mol. The number of carbonyl (C=O) groups is 2. The fraction of sp³-hybridized carbons (Fsp3) is 0.333. The van der Waals surface area contributed by atoms with Crippen molar-refractivity contribution in [2.24, 2.45) is 5.92 Å². The fourth-order valence-electron chi connectivity index (χ4n) is 3.86. The van der Waals surface area contributed by atoms with Crippen molar-refractivity contribution in [1.82, 2.24) is 14.8 Å². The van der Waals surface area contributed by atoms with Crippen LogP contribution in [-0.4, -0.2) is 37.9 Å². The van der Waals surface area contributed by atoms with Gasteiger partial charge in [-0.1, -0.05) is 49.9 Å². The number of anilines is 2. The molecule has 7 nitrogen and oxygen atoms in total. The van der Waals surface area contributed by atoms with Crippen LogP contribution in [0.4, 0.5) is 15.8 Å². The average molecular weight is 468 g/mol. The van der Waals surface area contributed by atoms with Crippen molar-refractivity contribution in [2.75, 3.05) is 16.0 Å². The van der Waals surface area contributed by atoms with E-state index in [0.29, 0.717) is 34.5 Å². The number of nitrogens with one attached hydrogen (secondary N) is 1. The van der Waals surface area contributed by atoms with Crippen LogP contribution in [0.1, 0.15) is 27.7 Å². The SMILES string of the molecule is CC(C)Cn1c(SCC(=O)N2c3ccccc3NC(=O)C2(C)C)nnc1-c1ccccc1F. The molecule has 0 spiro atoms. The summed E-state index contributed by atoms with van der Waals surface area (Å²) >= 11 is 1.23. The number of halogens is 1. The standard InChI is InChI=1S/C24H26FN5O2S/c1-15(2)13-29-21(16-9-5-6-10-17(16)25)27-28-23(29)33-14-20(31)30-19-12-8-7-11-18(19)26-22(32)24(30,3)4/h5-12,15H,13-14H2,1-4H3,(H,26,32). The largest absolute Gasteiger partial charge is 0.322 e. The van der Waals surface area contributed by atoms with Gasteiger partial charge in [-0.15, -0.1) is 10.2 Å². The highest BCUT2D eigenvalue weighted by atomic mass is 32.2. The number of fused-ring (bicyclic) bond motifs is 1. The van der Waals surface area contributed by atoms with Gasteiger partial charge >= 0.3 is 0 Å². The van der Waals surface area contributed by atoms with Gasteiger partial charge in [-0.25, -0.2) is 4.39 Å². The van der Waals surface area contributed by atoms with Crippen LogP contribution in [0, 0.1) is 11.7 Å². The van der Waals surface area contributed by atoms with Crippen LogP contribution in [0.15, 0.2) is 53.7 Å². The fourth-order valence-corrected chi connectivity index (χ4v) is 4.65. The second-order valence-electron chi connectivity index (χ2n) is 8.84. The van der Waals surface area contributed by atoms with Crippen LogP contribution in [0.5, 0.6) is 0 Å². The van der Waals surface area contributed by atoms with Gasteiger partial charge in [0.15, 0.2) is 11.0 Å². The first kappa shape index (κ1) is 23.0. The minimum atomic E-state index is -1.05. The normalized spacial score (nSPS) is 14.8. The lowest BCUT2D eigenvalue weighted by atomic mass is 9.96. The summed E-state index contributed by atoms with van der Waals surface area (Å²) in [5.74, 6) is -0.0974. The summed E-state index contributed by atoms with van der Waals surface area (Å²) in [6.45, 7) is 8.12. The summed E-state index contributed by atoms with van der Waals surface area (Å²) in [5, 5.41) is 11.9. The molecule has 1 aliphatic heterocycles. The Balaban J connectivity index is 1.62. The van der Waals surface area contributed by atoms with Crippen molar-refractivity contribution < 1.29 is 14.0 Å². The second-order valence-corrected chi connectivity index (χ2v) is 9.78. The van der Waals surface area contributed by atoms with Gasteiger partial charge in [0.2, 0.25) is 11.8 Å². The number of rotatable bonds is 6. The number of benzene rings is 2. The number of nitrogens with zero attached hydrogens (tertiary/aromatic N) is 4. The van der Waals surface area contributed by atoms with E-state index < -0.39 is 5.54 Å². The van der Waals surface area contributed by atoms with E-state index in [0.717, 1.165) is 0 Å². The van der Waals surface area contributed by atoms with E-state index in [9.17, 15) is 14.0 Å². The van der Waals surface area contributed by atoms with Gasteiger partial charge in [0.1, 0.15) is 11.4 Å². The predicted octanol–water partition coefficient (Wildman–Crippen LogP) is 4.60. The summed E-state index contributed by atoms with van der Waals surface area (Å²) in [6.07, 6.45) is 0. The van der Waals surface area contributed by atoms with Gasteiger partial charge in [-0.05, 0) is 44.0 Å². The highest BCUT2D eigenvalue weighted by molar-refractivity contribution is 7.99. The summed E-state index contributed by atoms with van der Waals surface area (Å²) in [4.78, 5) is 27.6. The smallest absolute Gasteiger partial charge is 0.250 e. The lowest BCUT2D eigenvalue weighted by Gasteiger charge is -2.42. The molecule has 0 atom stereocenters. The van der Waals surface area contributed by atoms with E-state index in [1.807, 2.05) is 22.8 Å². The van der Waals surface area contributed by atoms with E-state index in [1.165, 1.54) is 22.7 Å². The second kappa shape index (κ2) is 8.97. The summed E-state index contributed by atoms with van der Waals surface area (Å²) in [7, 11) is 0. The van der Waals surface area contributed by atoms with E-state index in [4.69, 9.17) is 0 Å². The van der Waals surface area contributed by atoms with E-state index in [2.05, 4.69) is 29.4 Å². The number of hydrogen-bond acceptors (Lipinski definition) is 5. The van der Waals surface area contributed by atoms with Crippen molar-refractivity contribution >= 4 is 35.0 Å². The Morgan fingerprint density at radius 2 is 1.82 bits per heavy atom. The quantitative estimate of drug-likeness (QED) is 0.536. The molecule has 2 heterocycles. The molecule has 0 aliphatic carbocycles. The van der Waals surface area contributed by atoms with E-state index in [1.54, 1.807) is 38.1 Å². The highest BCUT2D eigenvalue weighted by Gasteiger charge is 2.43. The lowest BCUT2D eigenvalue weighted by Crippen LogP contribution is -2.59. The zero-order valence-electron chi connectivity index (χ0n) is 19.0. The van der Waals surface area contributed by atoms with Crippen molar-refractivity contribution in [3.05, 3.63) is 54.3 Å². The van der Waals surface area contributed by atoms with E-state index in [-0.39, 0.29) is 29.3 Å². The zero-order valence-corrected chi connectivity index (χ0v) is 19.8. The average Bonchev–Trinajstić information content (AvgIpc) is 3.14. The van der Waals surface area contributed by atoms with Gasteiger partial charge in [0.05, 0.1) is 22.7 Å². The topological polar surface area (TPSA) is 80.1 Å². The van der Waals surface area contributed by atoms with Crippen LogP contribution in [0.3, 0.4) is 0 Å². The van der Waals surface area contributed by atoms with Gasteiger partial charge in [0.25, 0.3) is 0 Å². The monoisotopic (exact) mass is 467 g/mol. The molecule has 1 N–H and O–H groups in total. The van der Waals surface area contributed by atoms with Crippen molar-refractivity contribution in [2.45, 2.75) is 44.9 Å². The third-order valence-corrected chi connectivity index (χ3v) is 6.41. The molecule has 172 valence electrons. The van der Waals surface area contributed by atoms with Crippen LogP contribution < -0.4 is 10.2 Å². The van der Waals surface area contributed by atoms with Gasteiger partial charge < -0.3 is 9.88 Å². The van der Waals surface area contributed by atoms with Gasteiger partial charge in [-0.3, -0.25) is 14.5 Å². The number of aromatic nitrogens is 3. The molecule has 2 aromatic carbocycles. The molecule has 9 heteroatoms. The zero-order chi connectivity index (χ0) is 23.8. The van der Waals surface area contributed by atoms with Gasteiger partial charge in [0, 0.05) is 6.54 Å². The number of amides is 2. The molecule has 0 unspecified atom stereocenters. The van der Waals surface area contributed by atoms with Crippen molar-refractivity contribution in [1.29, 1.82) is 0 Å². The summed E-state index contributed by atoms with van der Waals surface area (Å²) in [6, 6.07) is 13.7. The molecule has 4 rings (SSSR count). The molecule has 0 bridgehead atoms. The molecule has 0 saturated carbocycles. The third-order valence-electron chi connectivity index (χ3n) is 5.46. The minimum absolute atomic E-state index is 0.0541. The Morgan fingerprint density at radius 3 is 2.55 bits per heavy atom. The molecule has 2 amide bonds. The molecule has 0 radical (unpaired) electrons. The summed E-state index contributed by atoms with van der Waals surface area (Å²) in [5.41, 5.74) is 0.579. The number of thioether (sulfide) groups is 1. The van der Waals surface area contributed by atoms with Crippen LogP contribution in [0.2, 0.25) is 0 Å². The summed E-state index contributed by atoms with van der Waals surface area (Å²) < 4.78 is 16.3. The number of carbonyl (C=O) groups excluding carboxylic acids is 2. The third kappa shape index (κ3) is 4.37. The molecule has 0 fully saturated rings. The first-order valence-electron chi connectivity index (χ1n) is 10.7. The Kier molecular flexibility index (Phi) is 6.25. The van der Waals surface area contributed by atoms with Crippen molar-refractivity contribution in [3.63, 3.8) is 0 Å². The maximum Gasteiger partial charge on any atom is 0.250 e. The number of para-hydroxylation sites is 2. The minimum Gasteiger partial charge on any atom is -0.322 e. The Labute approximate surface area is 196 Å². The number of hydrogen-bond donors (Lipinski definition) is 1. The molecule has 0 saturated heterocycles. The molecule has 1 aromatic heterocycles. The van der Waals surface area contributed by atoms with Crippen LogP contribution in [-0.2, 0) is 16.1 Å². The van der Waals surface area contributed by atoms with E-state index >= 15 is 0 Å². The Morgan fingerprint density at radius 1 is 1.12 bits per heavy atom.